The maximum Gasteiger partial charge on any atom is 0.407 e. The summed E-state index contributed by atoms with van der Waals surface area (Å²) in [7, 11) is 1.51. The first-order valence-electron chi connectivity index (χ1n) is 11.5. The molecular weight excluding hydrogens is 420 g/mol. The van der Waals surface area contributed by atoms with Crippen LogP contribution >= 0.6 is 0 Å². The number of amides is 2. The number of nitrogens with one attached hydrogen (secondary N) is 1. The number of likely N-dealkylation sites (N-methyl/N-ethyl adjacent to an activating group) is 1. The van der Waals surface area contributed by atoms with Gasteiger partial charge < -0.3 is 20.1 Å². The van der Waals surface area contributed by atoms with E-state index in [1.807, 2.05) is 24.3 Å². The second kappa shape index (κ2) is 11.5. The summed E-state index contributed by atoms with van der Waals surface area (Å²) in [5.74, 6) is -1.13. The number of hydrogen-bond donors (Lipinski definition) is 2. The molecule has 7 heteroatoms. The minimum absolute atomic E-state index is 0.0441. The number of carboxylic acids is 1. The summed E-state index contributed by atoms with van der Waals surface area (Å²) in [5.41, 5.74) is 4.77. The molecule has 0 spiro atoms. The highest BCUT2D eigenvalue weighted by Crippen LogP contribution is 2.44. The third kappa shape index (κ3) is 6.12. The molecule has 0 aromatic heterocycles. The standard InChI is InChI=1S/C26H32N2O5/c1-18(25(30)31)28(2)24(29)15-5-3-4-10-16-27-26(32)33-17-23-21-13-8-6-11-19(21)20-12-7-9-14-22(20)23/h6-9,11-14,18,23H,3-5,10,15-17H2,1-2H3,(H,27,32)(H,30,31). The van der Waals surface area contributed by atoms with Gasteiger partial charge in [-0.3, -0.25) is 4.79 Å². The molecule has 2 aromatic rings. The molecule has 2 amide bonds. The zero-order valence-corrected chi connectivity index (χ0v) is 19.3. The smallest absolute Gasteiger partial charge is 0.407 e. The number of unbranched alkanes of at least 4 members (excludes halogenated alkanes) is 3. The van der Waals surface area contributed by atoms with Crippen LogP contribution in [-0.2, 0) is 14.3 Å². The van der Waals surface area contributed by atoms with Crippen LogP contribution in [0.25, 0.3) is 11.1 Å². The number of rotatable bonds is 11. The van der Waals surface area contributed by atoms with E-state index in [0.29, 0.717) is 26.0 Å². The first-order chi connectivity index (χ1) is 15.9. The Morgan fingerprint density at radius 3 is 2.15 bits per heavy atom. The molecule has 0 fully saturated rings. The van der Waals surface area contributed by atoms with Gasteiger partial charge in [-0.15, -0.1) is 0 Å². The van der Waals surface area contributed by atoms with Gasteiger partial charge in [0.1, 0.15) is 12.6 Å². The Morgan fingerprint density at radius 2 is 1.55 bits per heavy atom. The second-order valence-corrected chi connectivity index (χ2v) is 8.44. The van der Waals surface area contributed by atoms with Crippen LogP contribution in [0.4, 0.5) is 4.79 Å². The highest BCUT2D eigenvalue weighted by molar-refractivity contribution is 5.83. The Morgan fingerprint density at radius 1 is 0.970 bits per heavy atom. The summed E-state index contributed by atoms with van der Waals surface area (Å²) < 4.78 is 5.52. The Balaban J connectivity index is 1.32. The van der Waals surface area contributed by atoms with Gasteiger partial charge in [0.2, 0.25) is 5.91 Å². The highest BCUT2D eigenvalue weighted by atomic mass is 16.5. The summed E-state index contributed by atoms with van der Waals surface area (Å²) in [6.45, 7) is 2.31. The SMILES string of the molecule is CC(C(=O)O)N(C)C(=O)CCCCCCNC(=O)OCC1c2ccccc2-c2ccccc21. The van der Waals surface area contributed by atoms with Gasteiger partial charge in [0, 0.05) is 25.9 Å². The van der Waals surface area contributed by atoms with E-state index < -0.39 is 18.1 Å². The highest BCUT2D eigenvalue weighted by Gasteiger charge is 2.29. The van der Waals surface area contributed by atoms with Crippen LogP contribution < -0.4 is 5.32 Å². The Bertz CT molecular complexity index is 945. The minimum atomic E-state index is -1.01. The Kier molecular flexibility index (Phi) is 8.46. The number of aliphatic carboxylic acids is 1. The Hall–Kier alpha value is -3.35. The number of carbonyl (C=O) groups excluding carboxylic acids is 2. The molecular formula is C26H32N2O5. The summed E-state index contributed by atoms with van der Waals surface area (Å²) >= 11 is 0. The Labute approximate surface area is 194 Å². The quantitative estimate of drug-likeness (QED) is 0.493. The van der Waals surface area contributed by atoms with E-state index in [1.165, 1.54) is 41.1 Å². The van der Waals surface area contributed by atoms with Gasteiger partial charge in [-0.25, -0.2) is 9.59 Å². The molecule has 0 heterocycles. The normalized spacial score (nSPS) is 13.0. The minimum Gasteiger partial charge on any atom is -0.480 e. The largest absolute Gasteiger partial charge is 0.480 e. The number of carbonyl (C=O) groups is 3. The molecule has 1 aliphatic rings. The van der Waals surface area contributed by atoms with Crippen molar-refractivity contribution < 1.29 is 24.2 Å². The predicted molar refractivity (Wildman–Crippen MR) is 126 cm³/mol. The van der Waals surface area contributed by atoms with E-state index in [2.05, 4.69) is 29.6 Å². The van der Waals surface area contributed by atoms with Gasteiger partial charge in [-0.05, 0) is 42.0 Å². The molecule has 2 N–H and O–H groups in total. The first-order valence-corrected chi connectivity index (χ1v) is 11.5. The summed E-state index contributed by atoms with van der Waals surface area (Å²) in [4.78, 5) is 36.4. The van der Waals surface area contributed by atoms with Crippen molar-refractivity contribution in [1.29, 1.82) is 0 Å². The second-order valence-electron chi connectivity index (χ2n) is 8.44. The number of ether oxygens (including phenoxy) is 1. The fraction of sp³-hybridized carbons (Fsp3) is 0.423. The first kappa shape index (κ1) is 24.3. The molecule has 176 valence electrons. The number of fused-ring (bicyclic) bond motifs is 3. The van der Waals surface area contributed by atoms with Crippen LogP contribution in [0.2, 0.25) is 0 Å². The number of alkyl carbamates (subject to hydrolysis) is 1. The monoisotopic (exact) mass is 452 g/mol. The third-order valence-electron chi connectivity index (χ3n) is 6.26. The van der Waals surface area contributed by atoms with E-state index in [1.54, 1.807) is 0 Å². The fourth-order valence-corrected chi connectivity index (χ4v) is 4.15. The van der Waals surface area contributed by atoms with Crippen molar-refractivity contribution in [2.24, 2.45) is 0 Å². The van der Waals surface area contributed by atoms with E-state index in [0.717, 1.165) is 19.3 Å². The molecule has 7 nitrogen and oxygen atoms in total. The molecule has 0 bridgehead atoms. The molecule has 0 saturated heterocycles. The predicted octanol–water partition coefficient (Wildman–Crippen LogP) is 4.41. The van der Waals surface area contributed by atoms with Gasteiger partial charge in [-0.1, -0.05) is 61.4 Å². The van der Waals surface area contributed by atoms with Gasteiger partial charge in [0.25, 0.3) is 0 Å². The molecule has 0 radical (unpaired) electrons. The maximum absolute atomic E-state index is 12.2. The van der Waals surface area contributed by atoms with E-state index in [4.69, 9.17) is 9.84 Å². The van der Waals surface area contributed by atoms with Crippen molar-refractivity contribution >= 4 is 18.0 Å². The average Bonchev–Trinajstić information content (AvgIpc) is 3.14. The summed E-state index contributed by atoms with van der Waals surface area (Å²) in [6, 6.07) is 15.6. The average molecular weight is 453 g/mol. The molecule has 0 aliphatic heterocycles. The van der Waals surface area contributed by atoms with Crippen LogP contribution in [0.5, 0.6) is 0 Å². The lowest BCUT2D eigenvalue weighted by Gasteiger charge is -2.21. The van der Waals surface area contributed by atoms with Crippen LogP contribution in [0.1, 0.15) is 56.1 Å². The molecule has 2 aromatic carbocycles. The van der Waals surface area contributed by atoms with Gasteiger partial charge >= 0.3 is 12.1 Å². The maximum atomic E-state index is 12.2. The van der Waals surface area contributed by atoms with Crippen molar-refractivity contribution in [2.75, 3.05) is 20.2 Å². The number of carboxylic acid groups (broad SMARTS) is 1. The number of nitrogens with zero attached hydrogens (tertiary/aromatic N) is 1. The molecule has 1 atom stereocenters. The molecule has 33 heavy (non-hydrogen) atoms. The lowest BCUT2D eigenvalue weighted by Crippen LogP contribution is -2.40. The van der Waals surface area contributed by atoms with Crippen LogP contribution in [0.15, 0.2) is 48.5 Å². The van der Waals surface area contributed by atoms with E-state index >= 15 is 0 Å². The van der Waals surface area contributed by atoms with Gasteiger partial charge in [-0.2, -0.15) is 0 Å². The van der Waals surface area contributed by atoms with Crippen LogP contribution in [0.3, 0.4) is 0 Å². The topological polar surface area (TPSA) is 95.9 Å². The van der Waals surface area contributed by atoms with Crippen molar-refractivity contribution in [3.63, 3.8) is 0 Å². The van der Waals surface area contributed by atoms with Crippen LogP contribution in [0, 0.1) is 0 Å². The molecule has 1 aliphatic carbocycles. The van der Waals surface area contributed by atoms with E-state index in [9.17, 15) is 14.4 Å². The number of hydrogen-bond acceptors (Lipinski definition) is 4. The van der Waals surface area contributed by atoms with Crippen molar-refractivity contribution in [3.8, 4) is 11.1 Å². The van der Waals surface area contributed by atoms with Gasteiger partial charge in [0.15, 0.2) is 0 Å². The zero-order chi connectivity index (χ0) is 23.8. The van der Waals surface area contributed by atoms with Crippen molar-refractivity contribution in [1.82, 2.24) is 10.2 Å². The van der Waals surface area contributed by atoms with E-state index in [-0.39, 0.29) is 11.8 Å². The molecule has 3 rings (SSSR count). The molecule has 1 unspecified atom stereocenters. The zero-order valence-electron chi connectivity index (χ0n) is 19.3. The summed E-state index contributed by atoms with van der Waals surface area (Å²) in [6.07, 6.45) is 3.10. The number of benzene rings is 2. The van der Waals surface area contributed by atoms with Crippen LogP contribution in [-0.4, -0.2) is 54.2 Å². The lowest BCUT2D eigenvalue weighted by molar-refractivity contribution is -0.148. The van der Waals surface area contributed by atoms with Crippen molar-refractivity contribution in [3.05, 3.63) is 59.7 Å². The van der Waals surface area contributed by atoms with Gasteiger partial charge in [0.05, 0.1) is 0 Å². The third-order valence-corrected chi connectivity index (χ3v) is 6.26. The molecule has 0 saturated carbocycles. The summed E-state index contributed by atoms with van der Waals surface area (Å²) in [5, 5.41) is 11.8. The van der Waals surface area contributed by atoms with Crippen molar-refractivity contribution in [2.45, 2.75) is 51.0 Å². The fourth-order valence-electron chi connectivity index (χ4n) is 4.15. The lowest BCUT2D eigenvalue weighted by atomic mass is 9.98.